The summed E-state index contributed by atoms with van der Waals surface area (Å²) in [4.78, 5) is 17.5. The number of carbonyl (C=O) groups is 1. The number of hydrogen-bond acceptors (Lipinski definition) is 5. The van der Waals surface area contributed by atoms with Crippen molar-refractivity contribution in [1.29, 1.82) is 0 Å². The first-order chi connectivity index (χ1) is 13.5. The van der Waals surface area contributed by atoms with Crippen molar-refractivity contribution in [3.05, 3.63) is 48.0 Å². The number of hydrogen-bond donors (Lipinski definition) is 1. The number of fused-ring (bicyclic) bond motifs is 1. The molecule has 148 valence electrons. The Bertz CT molecular complexity index is 971. The normalized spacial score (nSPS) is 12.1. The zero-order valence-electron chi connectivity index (χ0n) is 16.6. The first-order valence-corrected chi connectivity index (χ1v) is 9.97. The van der Waals surface area contributed by atoms with E-state index in [0.717, 1.165) is 21.8 Å². The molecule has 2 aromatic carbocycles. The molecule has 1 heterocycles. The van der Waals surface area contributed by atoms with Crippen molar-refractivity contribution in [2.45, 2.75) is 30.8 Å². The highest BCUT2D eigenvalue weighted by Crippen LogP contribution is 2.30. The van der Waals surface area contributed by atoms with Gasteiger partial charge in [-0.1, -0.05) is 30.0 Å². The van der Waals surface area contributed by atoms with Crippen molar-refractivity contribution in [2.24, 2.45) is 0 Å². The van der Waals surface area contributed by atoms with Gasteiger partial charge in [0.05, 0.1) is 35.7 Å². The minimum atomic E-state index is -0.330. The number of aromatic nitrogens is 2. The summed E-state index contributed by atoms with van der Waals surface area (Å²) in [5, 5.41) is 3.44. The highest BCUT2D eigenvalue weighted by molar-refractivity contribution is 8.00. The third-order valence-electron chi connectivity index (χ3n) is 4.40. The number of nitrogens with zero attached hydrogens (tertiary/aromatic N) is 2. The van der Waals surface area contributed by atoms with Crippen molar-refractivity contribution in [1.82, 2.24) is 9.55 Å². The second kappa shape index (κ2) is 9.12. The molecule has 0 saturated carbocycles. The third kappa shape index (κ3) is 4.48. The Morgan fingerprint density at radius 2 is 2.04 bits per heavy atom. The molecule has 0 aliphatic rings. The Kier molecular flexibility index (Phi) is 6.59. The Hall–Kier alpha value is -2.51. The fourth-order valence-corrected chi connectivity index (χ4v) is 3.86. The molecule has 0 bridgehead atoms. The molecular weight excluding hydrogens is 374 g/mol. The summed E-state index contributed by atoms with van der Waals surface area (Å²) in [6.07, 6.45) is 0. The second-order valence-electron chi connectivity index (χ2n) is 6.48. The minimum Gasteiger partial charge on any atom is -0.495 e. The van der Waals surface area contributed by atoms with Gasteiger partial charge in [0.25, 0.3) is 0 Å². The molecule has 1 unspecified atom stereocenters. The van der Waals surface area contributed by atoms with E-state index in [9.17, 15) is 4.79 Å². The molecule has 3 aromatic rings. The SMILES string of the molecule is COCCn1c(SC(C)C(=O)Nc2cc(C)ccc2OC)nc2ccccc21. The van der Waals surface area contributed by atoms with Crippen LogP contribution in [0.2, 0.25) is 0 Å². The van der Waals surface area contributed by atoms with Crippen molar-refractivity contribution >= 4 is 34.4 Å². The number of anilines is 1. The largest absolute Gasteiger partial charge is 0.495 e. The average molecular weight is 400 g/mol. The van der Waals surface area contributed by atoms with Crippen molar-refractivity contribution < 1.29 is 14.3 Å². The van der Waals surface area contributed by atoms with Crippen LogP contribution >= 0.6 is 11.8 Å². The molecule has 0 saturated heterocycles. The van der Waals surface area contributed by atoms with E-state index < -0.39 is 0 Å². The predicted octanol–water partition coefficient (Wildman–Crippen LogP) is 4.12. The van der Waals surface area contributed by atoms with E-state index in [4.69, 9.17) is 14.5 Å². The maximum absolute atomic E-state index is 12.8. The van der Waals surface area contributed by atoms with Gasteiger partial charge in [-0.3, -0.25) is 4.79 Å². The van der Waals surface area contributed by atoms with Crippen molar-refractivity contribution in [3.8, 4) is 5.75 Å². The fourth-order valence-electron chi connectivity index (χ4n) is 2.91. The molecule has 7 heteroatoms. The number of rotatable bonds is 8. The number of amides is 1. The number of para-hydroxylation sites is 2. The van der Waals surface area contributed by atoms with Gasteiger partial charge in [0.2, 0.25) is 5.91 Å². The molecule has 0 fully saturated rings. The van der Waals surface area contributed by atoms with Gasteiger partial charge >= 0.3 is 0 Å². The molecule has 3 rings (SSSR count). The average Bonchev–Trinajstić information content (AvgIpc) is 3.03. The number of ether oxygens (including phenoxy) is 2. The Morgan fingerprint density at radius 3 is 2.79 bits per heavy atom. The van der Waals surface area contributed by atoms with Gasteiger partial charge in [-0.15, -0.1) is 0 Å². The predicted molar refractivity (Wildman–Crippen MR) is 113 cm³/mol. The van der Waals surface area contributed by atoms with Crippen LogP contribution in [0.1, 0.15) is 12.5 Å². The van der Waals surface area contributed by atoms with Crippen LogP contribution in [0.3, 0.4) is 0 Å². The van der Waals surface area contributed by atoms with Crippen LogP contribution in [0.4, 0.5) is 5.69 Å². The monoisotopic (exact) mass is 399 g/mol. The molecule has 0 radical (unpaired) electrons. The van der Waals surface area contributed by atoms with Gasteiger partial charge in [-0.2, -0.15) is 0 Å². The molecule has 6 nitrogen and oxygen atoms in total. The van der Waals surface area contributed by atoms with Crippen LogP contribution in [-0.4, -0.2) is 41.5 Å². The number of methoxy groups -OCH3 is 2. The smallest absolute Gasteiger partial charge is 0.237 e. The Balaban J connectivity index is 1.80. The number of thioether (sulfide) groups is 1. The molecule has 1 N–H and O–H groups in total. The highest BCUT2D eigenvalue weighted by atomic mass is 32.2. The summed E-state index contributed by atoms with van der Waals surface area (Å²) in [7, 11) is 3.27. The van der Waals surface area contributed by atoms with Gasteiger partial charge in [0, 0.05) is 13.7 Å². The zero-order chi connectivity index (χ0) is 20.1. The first kappa shape index (κ1) is 20.2. The topological polar surface area (TPSA) is 65.4 Å². The minimum absolute atomic E-state index is 0.0979. The molecule has 0 spiro atoms. The molecule has 28 heavy (non-hydrogen) atoms. The van der Waals surface area contributed by atoms with Gasteiger partial charge < -0.3 is 19.4 Å². The van der Waals surface area contributed by atoms with Crippen LogP contribution in [0.25, 0.3) is 11.0 Å². The van der Waals surface area contributed by atoms with Crippen LogP contribution in [-0.2, 0) is 16.1 Å². The second-order valence-corrected chi connectivity index (χ2v) is 7.79. The third-order valence-corrected chi connectivity index (χ3v) is 5.49. The van der Waals surface area contributed by atoms with E-state index in [0.29, 0.717) is 24.6 Å². The number of benzene rings is 2. The lowest BCUT2D eigenvalue weighted by Crippen LogP contribution is -2.23. The summed E-state index contributed by atoms with van der Waals surface area (Å²) < 4.78 is 12.7. The van der Waals surface area contributed by atoms with E-state index in [1.807, 2.05) is 56.3 Å². The van der Waals surface area contributed by atoms with E-state index in [2.05, 4.69) is 9.88 Å². The highest BCUT2D eigenvalue weighted by Gasteiger charge is 2.20. The van der Waals surface area contributed by atoms with Crippen molar-refractivity contribution in [2.75, 3.05) is 26.1 Å². The lowest BCUT2D eigenvalue weighted by Gasteiger charge is -2.15. The standard InChI is InChI=1S/C21H25N3O3S/c1-14-9-10-19(27-4)17(13-14)22-20(25)15(2)28-21-23-16-7-5-6-8-18(16)24(21)11-12-26-3/h5-10,13,15H,11-12H2,1-4H3,(H,22,25). The number of carbonyl (C=O) groups excluding carboxylic acids is 1. The number of imidazole rings is 1. The van der Waals surface area contributed by atoms with E-state index in [-0.39, 0.29) is 11.2 Å². The van der Waals surface area contributed by atoms with Gasteiger partial charge in [-0.05, 0) is 43.7 Å². The lowest BCUT2D eigenvalue weighted by atomic mass is 10.2. The van der Waals surface area contributed by atoms with E-state index in [1.165, 1.54) is 11.8 Å². The van der Waals surface area contributed by atoms with Gasteiger partial charge in [-0.25, -0.2) is 4.98 Å². The summed E-state index contributed by atoms with van der Waals surface area (Å²) in [6.45, 7) is 5.11. The number of nitrogens with one attached hydrogen (secondary N) is 1. The van der Waals surface area contributed by atoms with Crippen molar-refractivity contribution in [3.63, 3.8) is 0 Å². The molecule has 1 amide bonds. The van der Waals surface area contributed by atoms with Crippen LogP contribution < -0.4 is 10.1 Å². The summed E-state index contributed by atoms with van der Waals surface area (Å²) >= 11 is 1.43. The van der Waals surface area contributed by atoms with E-state index >= 15 is 0 Å². The molecule has 0 aliphatic carbocycles. The molecule has 0 aliphatic heterocycles. The first-order valence-electron chi connectivity index (χ1n) is 9.10. The molecule has 1 atom stereocenters. The number of aryl methyl sites for hydroxylation is 1. The zero-order valence-corrected chi connectivity index (χ0v) is 17.4. The summed E-state index contributed by atoms with van der Waals surface area (Å²) in [5.41, 5.74) is 3.68. The maximum Gasteiger partial charge on any atom is 0.237 e. The van der Waals surface area contributed by atoms with Crippen LogP contribution in [0.15, 0.2) is 47.6 Å². The maximum atomic E-state index is 12.8. The molecular formula is C21H25N3O3S. The quantitative estimate of drug-likeness (QED) is 0.577. The summed E-state index contributed by atoms with van der Waals surface area (Å²) in [6, 6.07) is 13.7. The van der Waals surface area contributed by atoms with Gasteiger partial charge in [0.15, 0.2) is 5.16 Å². The fraction of sp³-hybridized carbons (Fsp3) is 0.333. The van der Waals surface area contributed by atoms with Crippen LogP contribution in [0.5, 0.6) is 5.75 Å². The van der Waals surface area contributed by atoms with Gasteiger partial charge in [0.1, 0.15) is 5.75 Å². The van der Waals surface area contributed by atoms with Crippen LogP contribution in [0, 0.1) is 6.92 Å². The lowest BCUT2D eigenvalue weighted by molar-refractivity contribution is -0.115. The van der Waals surface area contributed by atoms with E-state index in [1.54, 1.807) is 14.2 Å². The molecule has 1 aromatic heterocycles. The Morgan fingerprint density at radius 1 is 1.25 bits per heavy atom. The summed E-state index contributed by atoms with van der Waals surface area (Å²) in [5.74, 6) is 0.544. The Labute approximate surface area is 169 Å².